The summed E-state index contributed by atoms with van der Waals surface area (Å²) in [5.74, 6) is 0.206. The average molecular weight is 316 g/mol. The first-order valence-corrected chi connectivity index (χ1v) is 7.27. The van der Waals surface area contributed by atoms with E-state index in [1.807, 2.05) is 0 Å². The number of carbonyl (C=O) groups is 1. The molecule has 0 aliphatic heterocycles. The van der Waals surface area contributed by atoms with Gasteiger partial charge in [0.15, 0.2) is 0 Å². The van der Waals surface area contributed by atoms with E-state index in [2.05, 4.69) is 28.2 Å². The van der Waals surface area contributed by atoms with Crippen molar-refractivity contribution >= 4 is 21.8 Å². The molecule has 1 amide bonds. The highest BCUT2D eigenvalue weighted by molar-refractivity contribution is 9.09. The molecule has 4 heteroatoms. The maximum atomic E-state index is 13.1. The molecule has 1 aromatic carbocycles. The van der Waals surface area contributed by atoms with Gasteiger partial charge in [0.1, 0.15) is 5.82 Å². The van der Waals surface area contributed by atoms with Gasteiger partial charge in [0.2, 0.25) is 0 Å². The SMILES string of the molecule is Cc1cc(C(=O)NCCCC(C)CBr)ccc1F. The van der Waals surface area contributed by atoms with Crippen molar-refractivity contribution in [3.8, 4) is 0 Å². The molecular formula is C14H19BrFNO. The second kappa shape index (κ2) is 7.52. The molecule has 0 radical (unpaired) electrons. The largest absolute Gasteiger partial charge is 0.352 e. The van der Waals surface area contributed by atoms with Crippen LogP contribution in [0.2, 0.25) is 0 Å². The van der Waals surface area contributed by atoms with Crippen molar-refractivity contribution in [2.24, 2.45) is 5.92 Å². The first kappa shape index (κ1) is 15.2. The Morgan fingerprint density at radius 1 is 1.50 bits per heavy atom. The Morgan fingerprint density at radius 3 is 2.83 bits per heavy atom. The molecule has 0 heterocycles. The van der Waals surface area contributed by atoms with Crippen LogP contribution in [0.3, 0.4) is 0 Å². The van der Waals surface area contributed by atoms with Gasteiger partial charge in [-0.2, -0.15) is 0 Å². The maximum Gasteiger partial charge on any atom is 0.251 e. The highest BCUT2D eigenvalue weighted by Gasteiger charge is 2.07. The lowest BCUT2D eigenvalue weighted by Crippen LogP contribution is -2.24. The van der Waals surface area contributed by atoms with Crippen LogP contribution in [0.15, 0.2) is 18.2 Å². The van der Waals surface area contributed by atoms with Crippen LogP contribution in [0, 0.1) is 18.7 Å². The summed E-state index contributed by atoms with van der Waals surface area (Å²) in [5, 5.41) is 3.83. The lowest BCUT2D eigenvalue weighted by atomic mass is 10.1. The molecule has 1 unspecified atom stereocenters. The van der Waals surface area contributed by atoms with Crippen molar-refractivity contribution in [3.05, 3.63) is 35.1 Å². The minimum atomic E-state index is -0.280. The Morgan fingerprint density at radius 2 is 2.22 bits per heavy atom. The Kier molecular flexibility index (Phi) is 6.33. The van der Waals surface area contributed by atoms with E-state index in [-0.39, 0.29) is 11.7 Å². The quantitative estimate of drug-likeness (QED) is 0.629. The minimum Gasteiger partial charge on any atom is -0.352 e. The van der Waals surface area contributed by atoms with Crippen LogP contribution >= 0.6 is 15.9 Å². The number of aryl methyl sites for hydroxylation is 1. The summed E-state index contributed by atoms with van der Waals surface area (Å²) in [7, 11) is 0. The van der Waals surface area contributed by atoms with E-state index in [4.69, 9.17) is 0 Å². The summed E-state index contributed by atoms with van der Waals surface area (Å²) in [6.45, 7) is 4.48. The third kappa shape index (κ3) is 4.77. The van der Waals surface area contributed by atoms with Crippen molar-refractivity contribution in [1.29, 1.82) is 0 Å². The van der Waals surface area contributed by atoms with Gasteiger partial charge in [-0.1, -0.05) is 22.9 Å². The van der Waals surface area contributed by atoms with E-state index in [9.17, 15) is 9.18 Å². The molecular weight excluding hydrogens is 297 g/mol. The Hall–Kier alpha value is -0.900. The van der Waals surface area contributed by atoms with E-state index in [0.717, 1.165) is 18.2 Å². The number of hydrogen-bond acceptors (Lipinski definition) is 1. The first-order chi connectivity index (χ1) is 8.54. The molecule has 18 heavy (non-hydrogen) atoms. The Balaban J connectivity index is 2.39. The van der Waals surface area contributed by atoms with Gasteiger partial charge in [0.25, 0.3) is 5.91 Å². The van der Waals surface area contributed by atoms with Crippen molar-refractivity contribution in [2.75, 3.05) is 11.9 Å². The van der Waals surface area contributed by atoms with Crippen LogP contribution in [-0.4, -0.2) is 17.8 Å². The number of nitrogens with one attached hydrogen (secondary N) is 1. The number of halogens is 2. The van der Waals surface area contributed by atoms with Crippen LogP contribution < -0.4 is 5.32 Å². The fourth-order valence-corrected chi connectivity index (χ4v) is 1.94. The van der Waals surface area contributed by atoms with Gasteiger partial charge in [-0.15, -0.1) is 0 Å². The lowest BCUT2D eigenvalue weighted by molar-refractivity contribution is 0.0952. The molecule has 0 spiro atoms. The second-order valence-corrected chi connectivity index (χ2v) is 5.27. The minimum absolute atomic E-state index is 0.135. The van der Waals surface area contributed by atoms with E-state index in [1.54, 1.807) is 13.0 Å². The normalized spacial score (nSPS) is 12.2. The summed E-state index contributed by atoms with van der Waals surface area (Å²) in [6, 6.07) is 4.42. The molecule has 2 nitrogen and oxygen atoms in total. The molecule has 0 saturated carbocycles. The van der Waals surface area contributed by atoms with Crippen LogP contribution in [0.25, 0.3) is 0 Å². The number of carbonyl (C=O) groups excluding carboxylic acids is 1. The fraction of sp³-hybridized carbons (Fsp3) is 0.500. The van der Waals surface area contributed by atoms with Crippen molar-refractivity contribution < 1.29 is 9.18 Å². The van der Waals surface area contributed by atoms with Gasteiger partial charge in [-0.05, 0) is 49.4 Å². The summed E-state index contributed by atoms with van der Waals surface area (Å²) in [5.41, 5.74) is 1.01. The van der Waals surface area contributed by atoms with Crippen molar-refractivity contribution in [1.82, 2.24) is 5.32 Å². The zero-order valence-electron chi connectivity index (χ0n) is 10.8. The molecule has 0 aliphatic rings. The van der Waals surface area contributed by atoms with Gasteiger partial charge in [-0.25, -0.2) is 4.39 Å². The molecule has 0 bridgehead atoms. The number of alkyl halides is 1. The summed E-state index contributed by atoms with van der Waals surface area (Å²) >= 11 is 3.42. The van der Waals surface area contributed by atoms with E-state index in [0.29, 0.717) is 23.6 Å². The predicted octanol–water partition coefficient (Wildman–Crippen LogP) is 3.68. The number of rotatable bonds is 6. The van der Waals surface area contributed by atoms with Gasteiger partial charge >= 0.3 is 0 Å². The molecule has 0 aromatic heterocycles. The third-order valence-corrected chi connectivity index (χ3v) is 3.95. The van der Waals surface area contributed by atoms with Gasteiger partial charge in [0.05, 0.1) is 0 Å². The third-order valence-electron chi connectivity index (χ3n) is 2.84. The zero-order chi connectivity index (χ0) is 13.5. The lowest BCUT2D eigenvalue weighted by Gasteiger charge is -2.09. The number of benzene rings is 1. The average Bonchev–Trinajstić information content (AvgIpc) is 2.37. The molecule has 0 saturated heterocycles. The van der Waals surface area contributed by atoms with Gasteiger partial charge < -0.3 is 5.32 Å². The highest BCUT2D eigenvalue weighted by Crippen LogP contribution is 2.10. The van der Waals surface area contributed by atoms with Gasteiger partial charge in [-0.3, -0.25) is 4.79 Å². The second-order valence-electron chi connectivity index (χ2n) is 4.62. The summed E-state index contributed by atoms with van der Waals surface area (Å²) in [6.07, 6.45) is 2.03. The van der Waals surface area contributed by atoms with Crippen LogP contribution in [0.1, 0.15) is 35.7 Å². The number of amides is 1. The molecule has 1 N–H and O–H groups in total. The van der Waals surface area contributed by atoms with Crippen molar-refractivity contribution in [3.63, 3.8) is 0 Å². The topological polar surface area (TPSA) is 29.1 Å². The van der Waals surface area contributed by atoms with Crippen LogP contribution in [0.4, 0.5) is 4.39 Å². The van der Waals surface area contributed by atoms with Gasteiger partial charge in [0, 0.05) is 17.4 Å². The van der Waals surface area contributed by atoms with Crippen molar-refractivity contribution in [2.45, 2.75) is 26.7 Å². The monoisotopic (exact) mass is 315 g/mol. The fourth-order valence-electron chi connectivity index (χ4n) is 1.62. The smallest absolute Gasteiger partial charge is 0.251 e. The van der Waals surface area contributed by atoms with Crippen LogP contribution in [-0.2, 0) is 0 Å². The first-order valence-electron chi connectivity index (χ1n) is 6.15. The zero-order valence-corrected chi connectivity index (χ0v) is 12.4. The molecule has 1 rings (SSSR count). The van der Waals surface area contributed by atoms with E-state index >= 15 is 0 Å². The Labute approximate surface area is 116 Å². The Bertz CT molecular complexity index is 409. The highest BCUT2D eigenvalue weighted by atomic mass is 79.9. The number of hydrogen-bond donors (Lipinski definition) is 1. The molecule has 0 fully saturated rings. The molecule has 1 atom stereocenters. The summed E-state index contributed by atoms with van der Waals surface area (Å²) < 4.78 is 13.1. The van der Waals surface area contributed by atoms with E-state index in [1.165, 1.54) is 12.1 Å². The van der Waals surface area contributed by atoms with E-state index < -0.39 is 0 Å². The molecule has 0 aliphatic carbocycles. The maximum absolute atomic E-state index is 13.1. The molecule has 1 aromatic rings. The standard InChI is InChI=1S/C14H19BrFNO/c1-10(9-15)4-3-7-17-14(18)12-5-6-13(16)11(2)8-12/h5-6,8,10H,3-4,7,9H2,1-2H3,(H,17,18). The predicted molar refractivity (Wildman–Crippen MR) is 75.7 cm³/mol. The van der Waals surface area contributed by atoms with Crippen LogP contribution in [0.5, 0.6) is 0 Å². The summed E-state index contributed by atoms with van der Waals surface area (Å²) in [4.78, 5) is 11.8. The molecule has 100 valence electrons.